The van der Waals surface area contributed by atoms with Gasteiger partial charge >= 0.3 is 17.9 Å². The quantitative estimate of drug-likeness (QED) is 0.346. The minimum absolute atomic E-state index is 0.128. The molecular formula is C15H14F4O4. The molecule has 1 aromatic rings. The largest absolute Gasteiger partial charge is 0.452 e. The van der Waals surface area contributed by atoms with Gasteiger partial charge in [-0.25, -0.2) is 18.4 Å². The van der Waals surface area contributed by atoms with Gasteiger partial charge in [0.2, 0.25) is 0 Å². The number of esters is 2. The number of rotatable bonds is 6. The summed E-state index contributed by atoms with van der Waals surface area (Å²) in [5.74, 6) is -10.6. The lowest BCUT2D eigenvalue weighted by atomic mass is 10.1. The van der Waals surface area contributed by atoms with E-state index in [-0.39, 0.29) is 5.57 Å². The molecule has 1 atom stereocenters. The fraction of sp³-hybridized carbons (Fsp3) is 0.333. The lowest BCUT2D eigenvalue weighted by molar-refractivity contribution is -0.189. The monoisotopic (exact) mass is 334 g/mol. The first-order chi connectivity index (χ1) is 10.6. The lowest BCUT2D eigenvalue weighted by Gasteiger charge is -2.24. The van der Waals surface area contributed by atoms with Gasteiger partial charge in [-0.15, -0.1) is 0 Å². The predicted molar refractivity (Wildman–Crippen MR) is 71.9 cm³/mol. The van der Waals surface area contributed by atoms with Gasteiger partial charge < -0.3 is 9.47 Å². The number of hydrogen-bond donors (Lipinski definition) is 0. The Bertz CT molecular complexity index is 628. The molecule has 0 aromatic heterocycles. The molecule has 0 N–H and O–H groups in total. The Labute approximate surface area is 129 Å². The molecule has 0 amide bonds. The van der Waals surface area contributed by atoms with Crippen LogP contribution in [-0.4, -0.2) is 24.0 Å². The van der Waals surface area contributed by atoms with Crippen LogP contribution in [0, 0.1) is 11.6 Å². The van der Waals surface area contributed by atoms with Crippen LogP contribution in [0.1, 0.15) is 20.3 Å². The first-order valence-electron chi connectivity index (χ1n) is 6.51. The van der Waals surface area contributed by atoms with Crippen molar-refractivity contribution in [3.63, 3.8) is 0 Å². The van der Waals surface area contributed by atoms with Crippen LogP contribution >= 0.6 is 0 Å². The van der Waals surface area contributed by atoms with Crippen LogP contribution in [-0.2, 0) is 14.3 Å². The molecule has 4 nitrogen and oxygen atoms in total. The van der Waals surface area contributed by atoms with Crippen molar-refractivity contribution >= 4 is 11.9 Å². The molecule has 0 heterocycles. The highest BCUT2D eigenvalue weighted by molar-refractivity contribution is 5.88. The minimum Gasteiger partial charge on any atom is -0.452 e. The van der Waals surface area contributed by atoms with Crippen molar-refractivity contribution in [2.24, 2.45) is 0 Å². The maximum absolute atomic E-state index is 14.0. The van der Waals surface area contributed by atoms with Crippen molar-refractivity contribution in [3.05, 3.63) is 42.0 Å². The van der Waals surface area contributed by atoms with Crippen LogP contribution in [0.25, 0.3) is 0 Å². The molecule has 1 aromatic carbocycles. The van der Waals surface area contributed by atoms with Gasteiger partial charge in [0.15, 0.2) is 17.7 Å². The van der Waals surface area contributed by atoms with Crippen molar-refractivity contribution < 1.29 is 36.6 Å². The number of benzene rings is 1. The summed E-state index contributed by atoms with van der Waals surface area (Å²) in [6, 6.07) is 1.81. The SMILES string of the molecule is C=C(C)C(=O)OC(CC)C(F)(F)C(=O)Oc1ccc(F)cc1F. The van der Waals surface area contributed by atoms with E-state index in [0.717, 1.165) is 6.07 Å². The predicted octanol–water partition coefficient (Wildman–Crippen LogP) is 3.40. The summed E-state index contributed by atoms with van der Waals surface area (Å²) in [6.07, 6.45) is -2.50. The van der Waals surface area contributed by atoms with Gasteiger partial charge in [-0.2, -0.15) is 8.78 Å². The zero-order valence-corrected chi connectivity index (χ0v) is 12.4. The van der Waals surface area contributed by atoms with Crippen molar-refractivity contribution in [1.29, 1.82) is 0 Å². The number of alkyl halides is 2. The van der Waals surface area contributed by atoms with Crippen LogP contribution in [0.5, 0.6) is 5.75 Å². The number of halogens is 4. The minimum atomic E-state index is -4.22. The number of carbonyl (C=O) groups is 2. The standard InChI is InChI=1S/C15H14F4O4/c1-4-12(23-13(20)8(2)3)15(18,19)14(21)22-11-6-5-9(16)7-10(11)17/h5-7,12H,2,4H2,1,3H3. The second-order valence-corrected chi connectivity index (χ2v) is 4.67. The Hall–Kier alpha value is -2.38. The molecule has 0 saturated carbocycles. The van der Waals surface area contributed by atoms with Crippen LogP contribution < -0.4 is 4.74 Å². The summed E-state index contributed by atoms with van der Waals surface area (Å²) in [6.45, 7) is 5.75. The molecule has 0 aliphatic rings. The molecule has 0 radical (unpaired) electrons. The van der Waals surface area contributed by atoms with E-state index in [4.69, 9.17) is 0 Å². The van der Waals surface area contributed by atoms with E-state index in [1.165, 1.54) is 13.8 Å². The Morgan fingerprint density at radius 2 is 1.91 bits per heavy atom. The first-order valence-corrected chi connectivity index (χ1v) is 6.51. The van der Waals surface area contributed by atoms with E-state index >= 15 is 0 Å². The van der Waals surface area contributed by atoms with Gasteiger partial charge in [-0.1, -0.05) is 13.5 Å². The second kappa shape index (κ2) is 7.26. The maximum Gasteiger partial charge on any atom is 0.386 e. The summed E-state index contributed by atoms with van der Waals surface area (Å²) in [5.41, 5.74) is -0.128. The second-order valence-electron chi connectivity index (χ2n) is 4.67. The van der Waals surface area contributed by atoms with Gasteiger partial charge in [0, 0.05) is 11.6 Å². The van der Waals surface area contributed by atoms with Crippen molar-refractivity contribution in [3.8, 4) is 5.75 Å². The molecule has 126 valence electrons. The Balaban J connectivity index is 2.93. The van der Waals surface area contributed by atoms with Gasteiger partial charge in [0.05, 0.1) is 0 Å². The molecule has 23 heavy (non-hydrogen) atoms. The summed E-state index contributed by atoms with van der Waals surface area (Å²) in [7, 11) is 0. The van der Waals surface area contributed by atoms with Gasteiger partial charge in [0.25, 0.3) is 0 Å². The van der Waals surface area contributed by atoms with Gasteiger partial charge in [-0.3, -0.25) is 0 Å². The molecule has 0 fully saturated rings. The van der Waals surface area contributed by atoms with Gasteiger partial charge in [0.1, 0.15) is 5.82 Å². The van der Waals surface area contributed by atoms with E-state index in [2.05, 4.69) is 16.1 Å². The summed E-state index contributed by atoms with van der Waals surface area (Å²) in [4.78, 5) is 22.9. The van der Waals surface area contributed by atoms with E-state index in [9.17, 15) is 27.2 Å². The first kappa shape index (κ1) is 18.7. The maximum atomic E-state index is 14.0. The molecule has 0 aliphatic heterocycles. The fourth-order valence-corrected chi connectivity index (χ4v) is 1.50. The molecule has 0 saturated heterocycles. The molecule has 0 spiro atoms. The van der Waals surface area contributed by atoms with Crippen LogP contribution in [0.4, 0.5) is 17.6 Å². The molecule has 0 bridgehead atoms. The summed E-state index contributed by atoms with van der Waals surface area (Å²) in [5, 5.41) is 0. The third-order valence-electron chi connectivity index (χ3n) is 2.74. The van der Waals surface area contributed by atoms with Crippen molar-refractivity contribution in [2.45, 2.75) is 32.3 Å². The van der Waals surface area contributed by atoms with Gasteiger partial charge in [-0.05, 0) is 25.5 Å². The Kier molecular flexibility index (Phi) is 5.89. The Morgan fingerprint density at radius 3 is 2.39 bits per heavy atom. The molecule has 0 aliphatic carbocycles. The molecule has 1 rings (SSSR count). The van der Waals surface area contributed by atoms with Crippen molar-refractivity contribution in [1.82, 2.24) is 0 Å². The van der Waals surface area contributed by atoms with E-state index < -0.39 is 47.8 Å². The van der Waals surface area contributed by atoms with E-state index in [0.29, 0.717) is 12.1 Å². The summed E-state index contributed by atoms with van der Waals surface area (Å²) < 4.78 is 62.9. The number of carbonyl (C=O) groups excluding carboxylic acids is 2. The van der Waals surface area contributed by atoms with E-state index in [1.807, 2.05) is 0 Å². The van der Waals surface area contributed by atoms with E-state index in [1.54, 1.807) is 0 Å². The smallest absolute Gasteiger partial charge is 0.386 e. The van der Waals surface area contributed by atoms with Crippen LogP contribution in [0.3, 0.4) is 0 Å². The molecule has 8 heteroatoms. The molecular weight excluding hydrogens is 320 g/mol. The fourth-order valence-electron chi connectivity index (χ4n) is 1.50. The number of hydrogen-bond acceptors (Lipinski definition) is 4. The third kappa shape index (κ3) is 4.54. The average molecular weight is 334 g/mol. The normalized spacial score (nSPS) is 12.4. The lowest BCUT2D eigenvalue weighted by Crippen LogP contribution is -2.46. The zero-order chi connectivity index (χ0) is 17.8. The third-order valence-corrected chi connectivity index (χ3v) is 2.74. The summed E-state index contributed by atoms with van der Waals surface area (Å²) >= 11 is 0. The number of ether oxygens (including phenoxy) is 2. The van der Waals surface area contributed by atoms with Crippen LogP contribution in [0.2, 0.25) is 0 Å². The highest BCUT2D eigenvalue weighted by Gasteiger charge is 2.51. The average Bonchev–Trinajstić information content (AvgIpc) is 2.46. The highest BCUT2D eigenvalue weighted by atomic mass is 19.3. The highest BCUT2D eigenvalue weighted by Crippen LogP contribution is 2.28. The Morgan fingerprint density at radius 1 is 1.30 bits per heavy atom. The van der Waals surface area contributed by atoms with Crippen molar-refractivity contribution in [2.75, 3.05) is 0 Å². The van der Waals surface area contributed by atoms with Crippen LogP contribution in [0.15, 0.2) is 30.4 Å². The zero-order valence-electron chi connectivity index (χ0n) is 12.4. The molecule has 1 unspecified atom stereocenters. The topological polar surface area (TPSA) is 52.6 Å².